The SMILES string of the molecule is Cc1ccccc1Oc1nc(N)n2nc(-c3ccco3)nc2n1. The first-order valence-corrected chi connectivity index (χ1v) is 6.88. The van der Waals surface area contributed by atoms with E-state index in [1.807, 2.05) is 31.2 Å². The molecule has 0 unspecified atom stereocenters. The number of hydrogen-bond donors (Lipinski definition) is 1. The molecule has 3 heterocycles. The van der Waals surface area contributed by atoms with Crippen molar-refractivity contribution in [2.45, 2.75) is 6.92 Å². The smallest absolute Gasteiger partial charge is 0.328 e. The van der Waals surface area contributed by atoms with Crippen molar-refractivity contribution in [3.8, 4) is 23.3 Å². The van der Waals surface area contributed by atoms with E-state index in [9.17, 15) is 0 Å². The van der Waals surface area contributed by atoms with Crippen LogP contribution >= 0.6 is 0 Å². The molecule has 0 aliphatic carbocycles. The van der Waals surface area contributed by atoms with Crippen LogP contribution in [0.25, 0.3) is 17.4 Å². The van der Waals surface area contributed by atoms with Crippen LogP contribution in [0.4, 0.5) is 5.95 Å². The second kappa shape index (κ2) is 5.09. The van der Waals surface area contributed by atoms with Gasteiger partial charge in [-0.15, -0.1) is 5.10 Å². The second-order valence-corrected chi connectivity index (χ2v) is 4.86. The summed E-state index contributed by atoms with van der Waals surface area (Å²) in [6.45, 7) is 1.93. The number of fused-ring (bicyclic) bond motifs is 1. The third-order valence-electron chi connectivity index (χ3n) is 3.25. The highest BCUT2D eigenvalue weighted by molar-refractivity contribution is 5.51. The fourth-order valence-electron chi connectivity index (χ4n) is 2.11. The molecule has 8 heteroatoms. The maximum absolute atomic E-state index is 5.91. The maximum atomic E-state index is 5.91. The van der Waals surface area contributed by atoms with E-state index in [1.165, 1.54) is 4.52 Å². The Labute approximate surface area is 130 Å². The average Bonchev–Trinajstić information content (AvgIpc) is 3.18. The standard InChI is InChI=1S/C15H12N6O2/c1-9-5-2-3-6-10(9)23-15-18-13(16)21-14(19-15)17-12(20-21)11-7-4-8-22-11/h2-8H,1H3,(H2,16,17,18,19,20). The summed E-state index contributed by atoms with van der Waals surface area (Å²) >= 11 is 0. The highest BCUT2D eigenvalue weighted by Crippen LogP contribution is 2.23. The number of rotatable bonds is 3. The zero-order chi connectivity index (χ0) is 15.8. The molecule has 0 aliphatic heterocycles. The number of nitrogen functional groups attached to an aromatic ring is 1. The summed E-state index contributed by atoms with van der Waals surface area (Å²) in [6.07, 6.45) is 1.54. The van der Waals surface area contributed by atoms with Gasteiger partial charge in [0.25, 0.3) is 5.78 Å². The van der Waals surface area contributed by atoms with E-state index < -0.39 is 0 Å². The molecule has 2 N–H and O–H groups in total. The molecule has 1 aromatic carbocycles. The summed E-state index contributed by atoms with van der Waals surface area (Å²) < 4.78 is 12.3. The fourth-order valence-corrected chi connectivity index (χ4v) is 2.11. The van der Waals surface area contributed by atoms with Gasteiger partial charge in [0.15, 0.2) is 5.76 Å². The van der Waals surface area contributed by atoms with Gasteiger partial charge in [0.1, 0.15) is 5.75 Å². The van der Waals surface area contributed by atoms with E-state index in [2.05, 4.69) is 20.1 Å². The molecule has 0 atom stereocenters. The van der Waals surface area contributed by atoms with Crippen molar-refractivity contribution < 1.29 is 9.15 Å². The van der Waals surface area contributed by atoms with Crippen molar-refractivity contribution >= 4 is 11.7 Å². The number of ether oxygens (including phenoxy) is 1. The van der Waals surface area contributed by atoms with E-state index in [4.69, 9.17) is 14.9 Å². The van der Waals surface area contributed by atoms with E-state index in [1.54, 1.807) is 18.4 Å². The van der Waals surface area contributed by atoms with Crippen molar-refractivity contribution in [3.05, 3.63) is 48.2 Å². The van der Waals surface area contributed by atoms with Gasteiger partial charge >= 0.3 is 6.01 Å². The van der Waals surface area contributed by atoms with Gasteiger partial charge in [0.2, 0.25) is 11.8 Å². The molecule has 0 bridgehead atoms. The van der Waals surface area contributed by atoms with Crippen LogP contribution in [0.5, 0.6) is 11.8 Å². The molecule has 0 fully saturated rings. The first-order chi connectivity index (χ1) is 11.2. The predicted molar refractivity (Wildman–Crippen MR) is 81.9 cm³/mol. The van der Waals surface area contributed by atoms with E-state index >= 15 is 0 Å². The Hall–Kier alpha value is -3.42. The number of benzene rings is 1. The number of aryl methyl sites for hydroxylation is 1. The highest BCUT2D eigenvalue weighted by Gasteiger charge is 2.15. The minimum Gasteiger partial charge on any atom is -0.461 e. The fraction of sp³-hybridized carbons (Fsp3) is 0.0667. The number of anilines is 1. The molecule has 23 heavy (non-hydrogen) atoms. The number of furan rings is 1. The maximum Gasteiger partial charge on any atom is 0.328 e. The van der Waals surface area contributed by atoms with Gasteiger partial charge in [-0.25, -0.2) is 0 Å². The van der Waals surface area contributed by atoms with Crippen LogP contribution in [0.15, 0.2) is 47.1 Å². The lowest BCUT2D eigenvalue weighted by Crippen LogP contribution is -2.05. The van der Waals surface area contributed by atoms with Gasteiger partial charge in [-0.3, -0.25) is 0 Å². The molecule has 0 radical (unpaired) electrons. The van der Waals surface area contributed by atoms with Crippen molar-refractivity contribution in [2.24, 2.45) is 0 Å². The molecular formula is C15H12N6O2. The number of aromatic nitrogens is 5. The topological polar surface area (TPSA) is 104 Å². The zero-order valence-electron chi connectivity index (χ0n) is 12.2. The highest BCUT2D eigenvalue weighted by atomic mass is 16.5. The largest absolute Gasteiger partial charge is 0.461 e. The summed E-state index contributed by atoms with van der Waals surface area (Å²) in [5.74, 6) is 1.97. The first-order valence-electron chi connectivity index (χ1n) is 6.88. The molecule has 114 valence electrons. The van der Waals surface area contributed by atoms with Gasteiger partial charge < -0.3 is 14.9 Å². The molecule has 4 rings (SSSR count). The molecule has 0 saturated heterocycles. The Morgan fingerprint density at radius 2 is 1.96 bits per heavy atom. The van der Waals surface area contributed by atoms with Crippen molar-refractivity contribution in [3.63, 3.8) is 0 Å². The van der Waals surface area contributed by atoms with E-state index in [0.717, 1.165) is 5.56 Å². The van der Waals surface area contributed by atoms with Gasteiger partial charge in [-0.05, 0) is 30.7 Å². The van der Waals surface area contributed by atoms with E-state index in [0.29, 0.717) is 17.3 Å². The molecule has 8 nitrogen and oxygen atoms in total. The Balaban J connectivity index is 1.76. The van der Waals surface area contributed by atoms with Crippen LogP contribution in [0.1, 0.15) is 5.56 Å². The van der Waals surface area contributed by atoms with Crippen LogP contribution in [0.2, 0.25) is 0 Å². The van der Waals surface area contributed by atoms with Gasteiger partial charge in [-0.2, -0.15) is 19.5 Å². The predicted octanol–water partition coefficient (Wildman–Crippen LogP) is 2.46. The van der Waals surface area contributed by atoms with Crippen LogP contribution in [0.3, 0.4) is 0 Å². The Morgan fingerprint density at radius 1 is 1.09 bits per heavy atom. The van der Waals surface area contributed by atoms with E-state index in [-0.39, 0.29) is 17.7 Å². The van der Waals surface area contributed by atoms with Crippen molar-refractivity contribution in [1.82, 2.24) is 24.6 Å². The van der Waals surface area contributed by atoms with Crippen LogP contribution in [-0.2, 0) is 0 Å². The Kier molecular flexibility index (Phi) is 2.94. The van der Waals surface area contributed by atoms with Crippen LogP contribution in [0, 0.1) is 6.92 Å². The quantitative estimate of drug-likeness (QED) is 0.619. The summed E-state index contributed by atoms with van der Waals surface area (Å²) in [7, 11) is 0. The summed E-state index contributed by atoms with van der Waals surface area (Å²) in [5, 5.41) is 4.23. The van der Waals surface area contributed by atoms with Crippen molar-refractivity contribution in [1.29, 1.82) is 0 Å². The minimum atomic E-state index is 0.114. The molecule has 0 amide bonds. The molecule has 0 saturated carbocycles. The number of para-hydroxylation sites is 1. The Morgan fingerprint density at radius 3 is 2.74 bits per heavy atom. The molecular weight excluding hydrogens is 296 g/mol. The zero-order valence-corrected chi connectivity index (χ0v) is 12.2. The lowest BCUT2D eigenvalue weighted by molar-refractivity contribution is 0.438. The lowest BCUT2D eigenvalue weighted by Gasteiger charge is -2.06. The van der Waals surface area contributed by atoms with Crippen LogP contribution in [-0.4, -0.2) is 24.6 Å². The monoisotopic (exact) mass is 308 g/mol. The van der Waals surface area contributed by atoms with Gasteiger partial charge in [0.05, 0.1) is 6.26 Å². The average molecular weight is 308 g/mol. The molecule has 3 aromatic heterocycles. The summed E-state index contributed by atoms with van der Waals surface area (Å²) in [5.41, 5.74) is 6.88. The lowest BCUT2D eigenvalue weighted by atomic mass is 10.2. The summed E-state index contributed by atoms with van der Waals surface area (Å²) in [6, 6.07) is 11.2. The summed E-state index contributed by atoms with van der Waals surface area (Å²) in [4.78, 5) is 12.6. The number of nitrogens with zero attached hydrogens (tertiary/aromatic N) is 5. The third kappa shape index (κ3) is 2.35. The number of nitrogens with two attached hydrogens (primary N) is 1. The number of hydrogen-bond acceptors (Lipinski definition) is 7. The molecule has 0 aliphatic rings. The van der Waals surface area contributed by atoms with Crippen LogP contribution < -0.4 is 10.5 Å². The first kappa shape index (κ1) is 13.3. The van der Waals surface area contributed by atoms with Gasteiger partial charge in [0, 0.05) is 0 Å². The third-order valence-corrected chi connectivity index (χ3v) is 3.25. The minimum absolute atomic E-state index is 0.114. The molecule has 4 aromatic rings. The van der Waals surface area contributed by atoms with Gasteiger partial charge in [-0.1, -0.05) is 18.2 Å². The second-order valence-electron chi connectivity index (χ2n) is 4.86. The van der Waals surface area contributed by atoms with Crippen molar-refractivity contribution in [2.75, 3.05) is 5.73 Å². The normalized spacial score (nSPS) is 11.0. The molecule has 0 spiro atoms. The Bertz CT molecular complexity index is 977.